The van der Waals surface area contributed by atoms with Crippen LogP contribution in [0, 0.1) is 5.82 Å². The van der Waals surface area contributed by atoms with Crippen molar-refractivity contribution in [2.24, 2.45) is 7.05 Å². The Labute approximate surface area is 133 Å². The number of aryl methyl sites for hydroxylation is 1. The SMILES string of the molecule is CN(Cc1nccn1C)C(=O)c1occc1-c1ccc(F)cc1. The molecule has 0 fully saturated rings. The summed E-state index contributed by atoms with van der Waals surface area (Å²) < 4.78 is 20.3. The van der Waals surface area contributed by atoms with Crippen LogP contribution in [0.25, 0.3) is 11.1 Å². The van der Waals surface area contributed by atoms with Crippen molar-refractivity contribution < 1.29 is 13.6 Å². The molecule has 0 spiro atoms. The molecule has 0 saturated heterocycles. The Hall–Kier alpha value is -2.89. The summed E-state index contributed by atoms with van der Waals surface area (Å²) in [5, 5.41) is 0. The molecule has 1 amide bonds. The summed E-state index contributed by atoms with van der Waals surface area (Å²) >= 11 is 0. The number of halogens is 1. The summed E-state index contributed by atoms with van der Waals surface area (Å²) in [5.41, 5.74) is 1.37. The first-order valence-corrected chi connectivity index (χ1v) is 7.11. The zero-order valence-electron chi connectivity index (χ0n) is 12.9. The molecule has 2 aromatic heterocycles. The number of amides is 1. The molecule has 0 atom stereocenters. The van der Waals surface area contributed by atoms with Gasteiger partial charge in [-0.25, -0.2) is 9.37 Å². The highest BCUT2D eigenvalue weighted by atomic mass is 19.1. The van der Waals surface area contributed by atoms with Crippen molar-refractivity contribution in [1.29, 1.82) is 0 Å². The topological polar surface area (TPSA) is 51.3 Å². The van der Waals surface area contributed by atoms with Gasteiger partial charge in [0, 0.05) is 32.1 Å². The molecule has 3 rings (SSSR count). The van der Waals surface area contributed by atoms with Crippen LogP contribution in [0.1, 0.15) is 16.4 Å². The predicted molar refractivity (Wildman–Crippen MR) is 83.1 cm³/mol. The van der Waals surface area contributed by atoms with E-state index in [0.29, 0.717) is 12.1 Å². The summed E-state index contributed by atoms with van der Waals surface area (Å²) in [6.07, 6.45) is 4.97. The maximum atomic E-state index is 13.1. The third kappa shape index (κ3) is 3.01. The lowest BCUT2D eigenvalue weighted by atomic mass is 10.1. The minimum absolute atomic E-state index is 0.230. The van der Waals surface area contributed by atoms with Crippen LogP contribution in [-0.4, -0.2) is 27.4 Å². The minimum Gasteiger partial charge on any atom is -0.459 e. The molecule has 6 heteroatoms. The number of carbonyl (C=O) groups excluding carboxylic acids is 1. The highest BCUT2D eigenvalue weighted by Crippen LogP contribution is 2.26. The van der Waals surface area contributed by atoms with E-state index in [9.17, 15) is 9.18 Å². The molecule has 2 heterocycles. The maximum absolute atomic E-state index is 13.1. The van der Waals surface area contributed by atoms with Gasteiger partial charge in [0.05, 0.1) is 12.8 Å². The average Bonchev–Trinajstić information content (AvgIpc) is 3.17. The quantitative estimate of drug-likeness (QED) is 0.744. The molecule has 0 radical (unpaired) electrons. The van der Waals surface area contributed by atoms with E-state index in [1.807, 2.05) is 17.8 Å². The molecule has 0 saturated carbocycles. The highest BCUT2D eigenvalue weighted by Gasteiger charge is 2.21. The van der Waals surface area contributed by atoms with Crippen molar-refractivity contribution in [2.75, 3.05) is 7.05 Å². The Balaban J connectivity index is 1.84. The summed E-state index contributed by atoms with van der Waals surface area (Å²) in [4.78, 5) is 18.4. The first-order valence-electron chi connectivity index (χ1n) is 7.11. The van der Waals surface area contributed by atoms with Gasteiger partial charge in [0.25, 0.3) is 5.91 Å². The van der Waals surface area contributed by atoms with Crippen LogP contribution in [-0.2, 0) is 13.6 Å². The van der Waals surface area contributed by atoms with Crippen LogP contribution in [0.4, 0.5) is 4.39 Å². The van der Waals surface area contributed by atoms with Gasteiger partial charge in [-0.3, -0.25) is 4.79 Å². The van der Waals surface area contributed by atoms with Crippen LogP contribution in [0.15, 0.2) is 53.4 Å². The molecule has 0 aliphatic rings. The van der Waals surface area contributed by atoms with Crippen LogP contribution in [0.2, 0.25) is 0 Å². The van der Waals surface area contributed by atoms with Gasteiger partial charge in [0.15, 0.2) is 5.76 Å². The fourth-order valence-electron chi connectivity index (χ4n) is 2.34. The van der Waals surface area contributed by atoms with Crippen LogP contribution < -0.4 is 0 Å². The van der Waals surface area contributed by atoms with E-state index in [1.165, 1.54) is 23.3 Å². The Morgan fingerprint density at radius 3 is 2.70 bits per heavy atom. The Morgan fingerprint density at radius 1 is 1.30 bits per heavy atom. The Kier molecular flexibility index (Phi) is 3.97. The van der Waals surface area contributed by atoms with Crippen LogP contribution in [0.3, 0.4) is 0 Å². The Morgan fingerprint density at radius 2 is 2.04 bits per heavy atom. The molecule has 5 nitrogen and oxygen atoms in total. The van der Waals surface area contributed by atoms with E-state index in [2.05, 4.69) is 4.98 Å². The number of aromatic nitrogens is 2. The number of nitrogens with zero attached hydrogens (tertiary/aromatic N) is 3. The first kappa shape index (κ1) is 15.0. The first-order chi connectivity index (χ1) is 11.1. The number of furan rings is 1. The summed E-state index contributed by atoms with van der Waals surface area (Å²) in [7, 11) is 3.56. The van der Waals surface area contributed by atoms with Crippen LogP contribution >= 0.6 is 0 Å². The smallest absolute Gasteiger partial charge is 0.290 e. The number of hydrogen-bond acceptors (Lipinski definition) is 3. The lowest BCUT2D eigenvalue weighted by molar-refractivity contribution is 0.0750. The molecule has 0 unspecified atom stereocenters. The van der Waals surface area contributed by atoms with Gasteiger partial charge in [-0.05, 0) is 23.8 Å². The number of hydrogen-bond donors (Lipinski definition) is 0. The van der Waals surface area contributed by atoms with Gasteiger partial charge in [0.1, 0.15) is 11.6 Å². The molecule has 0 N–H and O–H groups in total. The van der Waals surface area contributed by atoms with Gasteiger partial charge in [-0.2, -0.15) is 0 Å². The molecular weight excluding hydrogens is 297 g/mol. The van der Waals surface area contributed by atoms with E-state index in [4.69, 9.17) is 4.42 Å². The lowest BCUT2D eigenvalue weighted by Crippen LogP contribution is -2.27. The number of rotatable bonds is 4. The largest absolute Gasteiger partial charge is 0.459 e. The van der Waals surface area contributed by atoms with E-state index in [1.54, 1.807) is 31.4 Å². The summed E-state index contributed by atoms with van der Waals surface area (Å²) in [6, 6.07) is 7.66. The van der Waals surface area contributed by atoms with Crippen molar-refractivity contribution >= 4 is 5.91 Å². The fraction of sp³-hybridized carbons (Fsp3) is 0.176. The molecular formula is C17H16FN3O2. The maximum Gasteiger partial charge on any atom is 0.290 e. The van der Waals surface area contributed by atoms with E-state index in [-0.39, 0.29) is 17.5 Å². The minimum atomic E-state index is -0.322. The third-order valence-electron chi connectivity index (χ3n) is 3.66. The van der Waals surface area contributed by atoms with Crippen molar-refractivity contribution in [3.63, 3.8) is 0 Å². The van der Waals surface area contributed by atoms with Crippen LogP contribution in [0.5, 0.6) is 0 Å². The van der Waals surface area contributed by atoms with E-state index < -0.39 is 0 Å². The molecule has 118 valence electrons. The van der Waals surface area contributed by atoms with Gasteiger partial charge in [0.2, 0.25) is 0 Å². The molecule has 0 aliphatic carbocycles. The summed E-state index contributed by atoms with van der Waals surface area (Å²) in [6.45, 7) is 0.367. The van der Waals surface area contributed by atoms with Gasteiger partial charge >= 0.3 is 0 Å². The second-order valence-corrected chi connectivity index (χ2v) is 5.29. The monoisotopic (exact) mass is 313 g/mol. The van der Waals surface area contributed by atoms with Crippen molar-refractivity contribution in [2.45, 2.75) is 6.54 Å². The zero-order chi connectivity index (χ0) is 16.4. The third-order valence-corrected chi connectivity index (χ3v) is 3.66. The van der Waals surface area contributed by atoms with Gasteiger partial charge in [-0.1, -0.05) is 12.1 Å². The second kappa shape index (κ2) is 6.08. The number of benzene rings is 1. The molecule has 1 aromatic carbocycles. The highest BCUT2D eigenvalue weighted by molar-refractivity contribution is 5.98. The lowest BCUT2D eigenvalue weighted by Gasteiger charge is -2.16. The van der Waals surface area contributed by atoms with Crippen molar-refractivity contribution in [3.8, 4) is 11.1 Å². The second-order valence-electron chi connectivity index (χ2n) is 5.29. The normalized spacial score (nSPS) is 10.7. The summed E-state index contributed by atoms with van der Waals surface area (Å²) in [5.74, 6) is 0.429. The predicted octanol–water partition coefficient (Wildman–Crippen LogP) is 3.09. The fourth-order valence-corrected chi connectivity index (χ4v) is 2.34. The standard InChI is InChI=1S/C17H16FN3O2/c1-20-9-8-19-15(20)11-21(2)17(22)16-14(7-10-23-16)12-3-5-13(18)6-4-12/h3-10H,11H2,1-2H3. The van der Waals surface area contributed by atoms with Gasteiger partial charge in [-0.15, -0.1) is 0 Å². The van der Waals surface area contributed by atoms with Crippen molar-refractivity contribution in [1.82, 2.24) is 14.5 Å². The molecule has 23 heavy (non-hydrogen) atoms. The molecule has 0 aliphatic heterocycles. The molecule has 0 bridgehead atoms. The number of carbonyl (C=O) groups is 1. The van der Waals surface area contributed by atoms with Crippen molar-refractivity contribution in [3.05, 3.63) is 66.4 Å². The zero-order valence-corrected chi connectivity index (χ0v) is 12.9. The van der Waals surface area contributed by atoms with E-state index >= 15 is 0 Å². The van der Waals surface area contributed by atoms with Gasteiger partial charge < -0.3 is 13.9 Å². The molecule has 3 aromatic rings. The Bertz CT molecular complexity index is 820. The number of imidazole rings is 1. The average molecular weight is 313 g/mol. The van der Waals surface area contributed by atoms with E-state index in [0.717, 1.165) is 11.4 Å².